The fraction of sp³-hybridized carbons (Fsp3) is 0.200. The molecule has 2 amide bonds. The van der Waals surface area contributed by atoms with Gasteiger partial charge in [-0.05, 0) is 30.4 Å². The van der Waals surface area contributed by atoms with E-state index in [0.29, 0.717) is 21.9 Å². The minimum Gasteiger partial charge on any atom is -0.497 e. The maximum Gasteiger partial charge on any atom is 0.272 e. The maximum atomic E-state index is 13.1. The Hall–Kier alpha value is -2.53. The van der Waals surface area contributed by atoms with Crippen molar-refractivity contribution in [1.82, 2.24) is 0 Å². The highest BCUT2D eigenvalue weighted by atomic mass is 32.2. The fourth-order valence-electron chi connectivity index (χ4n) is 2.75. The van der Waals surface area contributed by atoms with Crippen LogP contribution in [-0.4, -0.2) is 24.7 Å². The van der Waals surface area contributed by atoms with Crippen molar-refractivity contribution in [2.75, 3.05) is 17.8 Å². The molecule has 5 heteroatoms. The summed E-state index contributed by atoms with van der Waals surface area (Å²) in [4.78, 5) is 27.8. The number of methoxy groups -OCH3 is 1. The highest BCUT2D eigenvalue weighted by Crippen LogP contribution is 2.38. The van der Waals surface area contributed by atoms with Crippen LogP contribution in [0.3, 0.4) is 0 Å². The topological polar surface area (TPSA) is 46.6 Å². The molecule has 0 unspecified atom stereocenters. The van der Waals surface area contributed by atoms with Gasteiger partial charge in [-0.3, -0.25) is 9.59 Å². The minimum atomic E-state index is -0.293. The average Bonchev–Trinajstić information content (AvgIpc) is 2.86. The lowest BCUT2D eigenvalue weighted by molar-refractivity contribution is -0.119. The first-order valence-electron chi connectivity index (χ1n) is 8.03. The summed E-state index contributed by atoms with van der Waals surface area (Å²) >= 11 is 1.40. The normalized spacial score (nSPS) is 14.4. The predicted octanol–water partition coefficient (Wildman–Crippen LogP) is 4.04. The molecule has 0 fully saturated rings. The Balaban J connectivity index is 2.07. The van der Waals surface area contributed by atoms with Gasteiger partial charge in [0.1, 0.15) is 5.75 Å². The third kappa shape index (κ3) is 3.20. The van der Waals surface area contributed by atoms with Gasteiger partial charge < -0.3 is 4.74 Å². The second kappa shape index (κ2) is 7.15. The number of hydrogen-bond donors (Lipinski definition) is 0. The molecule has 0 aromatic heterocycles. The van der Waals surface area contributed by atoms with E-state index in [9.17, 15) is 9.59 Å². The molecular formula is C20H19NO3S. The van der Waals surface area contributed by atoms with Crippen LogP contribution in [0.5, 0.6) is 5.75 Å². The van der Waals surface area contributed by atoms with E-state index in [2.05, 4.69) is 0 Å². The minimum absolute atomic E-state index is 0.277. The number of benzene rings is 2. The Morgan fingerprint density at radius 2 is 1.76 bits per heavy atom. The van der Waals surface area contributed by atoms with E-state index in [1.165, 1.54) is 16.7 Å². The van der Waals surface area contributed by atoms with Gasteiger partial charge in [0.25, 0.3) is 11.8 Å². The van der Waals surface area contributed by atoms with Crippen molar-refractivity contribution in [3.8, 4) is 5.75 Å². The van der Waals surface area contributed by atoms with Gasteiger partial charge in [-0.1, -0.05) is 42.8 Å². The van der Waals surface area contributed by atoms with Crippen LogP contribution in [0, 0.1) is 6.92 Å². The van der Waals surface area contributed by atoms with Crippen LogP contribution in [0.2, 0.25) is 0 Å². The molecule has 0 atom stereocenters. The fourth-order valence-corrected chi connectivity index (χ4v) is 3.60. The van der Waals surface area contributed by atoms with Crippen molar-refractivity contribution < 1.29 is 14.3 Å². The van der Waals surface area contributed by atoms with Crippen molar-refractivity contribution >= 4 is 34.8 Å². The zero-order valence-corrected chi connectivity index (χ0v) is 15.2. The van der Waals surface area contributed by atoms with Crippen LogP contribution in [0.4, 0.5) is 5.69 Å². The third-order valence-corrected chi connectivity index (χ3v) is 4.94. The molecule has 0 radical (unpaired) electrons. The largest absolute Gasteiger partial charge is 0.497 e. The van der Waals surface area contributed by atoms with E-state index in [0.717, 1.165) is 16.9 Å². The predicted molar refractivity (Wildman–Crippen MR) is 102 cm³/mol. The Morgan fingerprint density at radius 1 is 1.04 bits per heavy atom. The van der Waals surface area contributed by atoms with Gasteiger partial charge in [-0.25, -0.2) is 4.90 Å². The Labute approximate surface area is 151 Å². The molecular weight excluding hydrogens is 334 g/mol. The van der Waals surface area contributed by atoms with Crippen LogP contribution in [0.25, 0.3) is 5.57 Å². The van der Waals surface area contributed by atoms with E-state index in [1.54, 1.807) is 31.4 Å². The van der Waals surface area contributed by atoms with Crippen molar-refractivity contribution in [3.05, 3.63) is 64.6 Å². The molecule has 0 N–H and O–H groups in total. The number of aryl methyl sites for hydroxylation is 1. The van der Waals surface area contributed by atoms with Crippen molar-refractivity contribution in [1.29, 1.82) is 0 Å². The lowest BCUT2D eigenvalue weighted by Gasteiger charge is -2.16. The molecule has 2 aromatic carbocycles. The number of nitrogens with zero attached hydrogens (tertiary/aromatic N) is 1. The molecule has 4 nitrogen and oxygen atoms in total. The number of thioether (sulfide) groups is 1. The first kappa shape index (κ1) is 17.3. The molecule has 3 rings (SSSR count). The van der Waals surface area contributed by atoms with Gasteiger partial charge in [-0.2, -0.15) is 0 Å². The van der Waals surface area contributed by atoms with Gasteiger partial charge in [0.2, 0.25) is 0 Å². The summed E-state index contributed by atoms with van der Waals surface area (Å²) in [5.41, 5.74) is 2.87. The zero-order chi connectivity index (χ0) is 18.0. The first-order chi connectivity index (χ1) is 12.1. The standard InChI is InChI=1S/C20H19NO3S/c1-4-25-18-17(14-10-8-13(2)9-11-14)19(22)21(20(18)23)15-6-5-7-16(12-15)24-3/h5-12H,4H2,1-3H3. The highest BCUT2D eigenvalue weighted by molar-refractivity contribution is 8.04. The smallest absolute Gasteiger partial charge is 0.272 e. The number of imide groups is 1. The number of carbonyl (C=O) groups excluding carboxylic acids is 2. The molecule has 1 heterocycles. The van der Waals surface area contributed by atoms with Gasteiger partial charge in [0, 0.05) is 6.07 Å². The molecule has 128 valence electrons. The van der Waals surface area contributed by atoms with Gasteiger partial charge in [0.15, 0.2) is 0 Å². The number of rotatable bonds is 5. The van der Waals surface area contributed by atoms with Gasteiger partial charge >= 0.3 is 0 Å². The van der Waals surface area contributed by atoms with Gasteiger partial charge in [0.05, 0.1) is 23.3 Å². The molecule has 0 saturated heterocycles. The summed E-state index contributed by atoms with van der Waals surface area (Å²) in [6.07, 6.45) is 0. The van der Waals surface area contributed by atoms with E-state index < -0.39 is 0 Å². The summed E-state index contributed by atoms with van der Waals surface area (Å²) in [6, 6.07) is 14.7. The molecule has 0 saturated carbocycles. The average molecular weight is 353 g/mol. The first-order valence-corrected chi connectivity index (χ1v) is 9.02. The molecule has 1 aliphatic heterocycles. The van der Waals surface area contributed by atoms with Crippen molar-refractivity contribution in [3.63, 3.8) is 0 Å². The van der Waals surface area contributed by atoms with Crippen molar-refractivity contribution in [2.24, 2.45) is 0 Å². The van der Waals surface area contributed by atoms with Crippen LogP contribution in [-0.2, 0) is 9.59 Å². The van der Waals surface area contributed by atoms with E-state index in [1.807, 2.05) is 38.1 Å². The summed E-state index contributed by atoms with van der Waals surface area (Å²) in [5, 5.41) is 0. The lowest BCUT2D eigenvalue weighted by Crippen LogP contribution is -2.31. The zero-order valence-electron chi connectivity index (χ0n) is 14.4. The van der Waals surface area contributed by atoms with E-state index in [4.69, 9.17) is 4.74 Å². The maximum absolute atomic E-state index is 13.1. The number of ether oxygens (including phenoxy) is 1. The Kier molecular flexibility index (Phi) is 4.95. The van der Waals surface area contributed by atoms with E-state index >= 15 is 0 Å². The summed E-state index contributed by atoms with van der Waals surface area (Å²) in [5.74, 6) is 0.751. The molecule has 0 aliphatic carbocycles. The summed E-state index contributed by atoms with van der Waals surface area (Å²) < 4.78 is 5.22. The number of anilines is 1. The second-order valence-corrected chi connectivity index (χ2v) is 6.92. The number of carbonyl (C=O) groups is 2. The van der Waals surface area contributed by atoms with Crippen LogP contribution in [0.15, 0.2) is 53.4 Å². The van der Waals surface area contributed by atoms with Gasteiger partial charge in [-0.15, -0.1) is 11.8 Å². The van der Waals surface area contributed by atoms with Crippen LogP contribution >= 0.6 is 11.8 Å². The monoisotopic (exact) mass is 353 g/mol. The highest BCUT2D eigenvalue weighted by Gasteiger charge is 2.40. The lowest BCUT2D eigenvalue weighted by atomic mass is 10.0. The molecule has 1 aliphatic rings. The molecule has 2 aromatic rings. The third-order valence-electron chi connectivity index (χ3n) is 3.98. The van der Waals surface area contributed by atoms with Crippen LogP contribution in [0.1, 0.15) is 18.1 Å². The SMILES string of the molecule is CCSC1=C(c2ccc(C)cc2)C(=O)N(c2cccc(OC)c2)C1=O. The summed E-state index contributed by atoms with van der Waals surface area (Å²) in [7, 11) is 1.56. The van der Waals surface area contributed by atoms with E-state index in [-0.39, 0.29) is 11.8 Å². The quantitative estimate of drug-likeness (QED) is 0.761. The molecule has 25 heavy (non-hydrogen) atoms. The summed E-state index contributed by atoms with van der Waals surface area (Å²) in [6.45, 7) is 3.96. The number of hydrogen-bond acceptors (Lipinski definition) is 4. The number of amides is 2. The second-order valence-electron chi connectivity index (χ2n) is 5.65. The molecule has 0 bridgehead atoms. The molecule has 0 spiro atoms. The Bertz CT molecular complexity index is 855. The Morgan fingerprint density at radius 3 is 2.40 bits per heavy atom. The van der Waals surface area contributed by atoms with Crippen LogP contribution < -0.4 is 9.64 Å². The van der Waals surface area contributed by atoms with Crippen molar-refractivity contribution in [2.45, 2.75) is 13.8 Å².